The van der Waals surface area contributed by atoms with Gasteiger partial charge in [-0.2, -0.15) is 4.31 Å². The molecule has 0 spiro atoms. The second kappa shape index (κ2) is 6.08. The zero-order chi connectivity index (χ0) is 14.9. The summed E-state index contributed by atoms with van der Waals surface area (Å²) in [5.74, 6) is 0.353. The minimum absolute atomic E-state index is 0.353. The van der Waals surface area contributed by atoms with Gasteiger partial charge in [-0.15, -0.1) is 22.9 Å². The molecule has 0 aliphatic carbocycles. The van der Waals surface area contributed by atoms with Gasteiger partial charge in [0.05, 0.1) is 10.8 Å². The van der Waals surface area contributed by atoms with Crippen LogP contribution in [0.2, 0.25) is 0 Å². The molecule has 2 aromatic rings. The SMILES string of the molecule is O=S(=O)(c1csc(CCl)c1)N1CCc2ccccc2CC1. The predicted molar refractivity (Wildman–Crippen MR) is 86.5 cm³/mol. The number of nitrogens with zero attached hydrogens (tertiary/aromatic N) is 1. The quantitative estimate of drug-likeness (QED) is 0.803. The molecule has 0 amide bonds. The first-order chi connectivity index (χ1) is 10.1. The zero-order valence-electron chi connectivity index (χ0n) is 11.5. The Labute approximate surface area is 134 Å². The van der Waals surface area contributed by atoms with Gasteiger partial charge >= 0.3 is 0 Å². The number of fused-ring (bicyclic) bond motifs is 1. The van der Waals surface area contributed by atoms with Crippen molar-refractivity contribution in [2.45, 2.75) is 23.6 Å². The number of hydrogen-bond acceptors (Lipinski definition) is 3. The summed E-state index contributed by atoms with van der Waals surface area (Å²) in [5, 5.41) is 1.69. The third-order valence-corrected chi connectivity index (χ3v) is 7.19. The van der Waals surface area contributed by atoms with Gasteiger partial charge < -0.3 is 0 Å². The fourth-order valence-corrected chi connectivity index (χ4v) is 5.42. The minimum Gasteiger partial charge on any atom is -0.207 e. The van der Waals surface area contributed by atoms with E-state index in [0.717, 1.165) is 17.7 Å². The van der Waals surface area contributed by atoms with Gasteiger partial charge in [0.15, 0.2) is 0 Å². The van der Waals surface area contributed by atoms with Crippen LogP contribution in [0.5, 0.6) is 0 Å². The van der Waals surface area contributed by atoms with Crippen LogP contribution >= 0.6 is 22.9 Å². The molecule has 0 atom stereocenters. The molecule has 3 rings (SSSR count). The number of hydrogen-bond donors (Lipinski definition) is 0. The van der Waals surface area contributed by atoms with Gasteiger partial charge in [-0.1, -0.05) is 24.3 Å². The first kappa shape index (κ1) is 15.0. The second-order valence-electron chi connectivity index (χ2n) is 5.06. The lowest BCUT2D eigenvalue weighted by atomic mass is 10.0. The topological polar surface area (TPSA) is 37.4 Å². The van der Waals surface area contributed by atoms with Gasteiger partial charge in [-0.25, -0.2) is 8.42 Å². The van der Waals surface area contributed by atoms with Crippen LogP contribution in [0.1, 0.15) is 16.0 Å². The largest absolute Gasteiger partial charge is 0.243 e. The van der Waals surface area contributed by atoms with Crippen LogP contribution in [0, 0.1) is 0 Å². The first-order valence-corrected chi connectivity index (χ1v) is 9.67. The van der Waals surface area contributed by atoms with Crippen LogP contribution in [0.25, 0.3) is 0 Å². The zero-order valence-corrected chi connectivity index (χ0v) is 13.8. The Morgan fingerprint density at radius 3 is 2.29 bits per heavy atom. The maximum atomic E-state index is 12.7. The average molecular weight is 342 g/mol. The van der Waals surface area contributed by atoms with E-state index in [1.807, 2.05) is 12.1 Å². The Morgan fingerprint density at radius 1 is 1.14 bits per heavy atom. The van der Waals surface area contributed by atoms with Crippen molar-refractivity contribution in [3.8, 4) is 0 Å². The number of sulfonamides is 1. The van der Waals surface area contributed by atoms with E-state index in [-0.39, 0.29) is 0 Å². The molecule has 1 aliphatic rings. The molecule has 1 aliphatic heterocycles. The van der Waals surface area contributed by atoms with Crippen molar-refractivity contribution in [2.24, 2.45) is 0 Å². The van der Waals surface area contributed by atoms with Crippen LogP contribution < -0.4 is 0 Å². The predicted octanol–water partition coefficient (Wildman–Crippen LogP) is 3.28. The van der Waals surface area contributed by atoms with E-state index in [2.05, 4.69) is 12.1 Å². The first-order valence-electron chi connectivity index (χ1n) is 6.81. The average Bonchev–Trinajstić information content (AvgIpc) is 2.87. The third-order valence-electron chi connectivity index (χ3n) is 3.78. The smallest absolute Gasteiger partial charge is 0.207 e. The van der Waals surface area contributed by atoms with E-state index >= 15 is 0 Å². The summed E-state index contributed by atoms with van der Waals surface area (Å²) in [4.78, 5) is 1.25. The molecule has 21 heavy (non-hydrogen) atoms. The Bertz CT molecular complexity index is 713. The fourth-order valence-electron chi connectivity index (χ4n) is 2.60. The number of alkyl halides is 1. The summed E-state index contributed by atoms with van der Waals surface area (Å²) in [6, 6.07) is 9.87. The molecule has 112 valence electrons. The molecular formula is C15H16ClNO2S2. The van der Waals surface area contributed by atoms with Gasteiger partial charge in [0.1, 0.15) is 0 Å². The van der Waals surface area contributed by atoms with E-state index in [1.54, 1.807) is 15.8 Å². The lowest BCUT2D eigenvalue weighted by Crippen LogP contribution is -2.33. The van der Waals surface area contributed by atoms with Crippen molar-refractivity contribution in [1.82, 2.24) is 4.31 Å². The molecule has 0 N–H and O–H groups in total. The number of rotatable bonds is 3. The molecule has 0 saturated carbocycles. The van der Waals surface area contributed by atoms with Crippen molar-refractivity contribution in [3.05, 3.63) is 51.7 Å². The summed E-state index contributed by atoms with van der Waals surface area (Å²) in [5.41, 5.74) is 2.50. The van der Waals surface area contributed by atoms with Crippen LogP contribution in [0.4, 0.5) is 0 Å². The Balaban J connectivity index is 1.84. The molecule has 0 radical (unpaired) electrons. The number of thiophene rings is 1. The summed E-state index contributed by atoms with van der Waals surface area (Å²) in [6.07, 6.45) is 1.53. The second-order valence-corrected chi connectivity index (χ2v) is 8.26. The Hall–Kier alpha value is -0.880. The molecule has 0 bridgehead atoms. The highest BCUT2D eigenvalue weighted by Gasteiger charge is 2.27. The lowest BCUT2D eigenvalue weighted by molar-refractivity contribution is 0.427. The van der Waals surface area contributed by atoms with Gasteiger partial charge in [0.25, 0.3) is 0 Å². The van der Waals surface area contributed by atoms with Crippen molar-refractivity contribution in [2.75, 3.05) is 13.1 Å². The number of halogens is 1. The molecule has 6 heteroatoms. The van der Waals surface area contributed by atoms with E-state index < -0.39 is 10.0 Å². The molecular weight excluding hydrogens is 326 g/mol. The van der Waals surface area contributed by atoms with E-state index in [9.17, 15) is 8.42 Å². The minimum atomic E-state index is -3.41. The van der Waals surface area contributed by atoms with E-state index in [0.29, 0.717) is 23.9 Å². The van der Waals surface area contributed by atoms with Crippen LogP contribution in [0.15, 0.2) is 40.6 Å². The van der Waals surface area contributed by atoms with Gasteiger partial charge in [0, 0.05) is 23.3 Å². The van der Waals surface area contributed by atoms with Crippen molar-refractivity contribution >= 4 is 33.0 Å². The van der Waals surface area contributed by atoms with Crippen LogP contribution in [0.3, 0.4) is 0 Å². The third kappa shape index (κ3) is 3.01. The lowest BCUT2D eigenvalue weighted by Gasteiger charge is -2.18. The van der Waals surface area contributed by atoms with Gasteiger partial charge in [-0.05, 0) is 30.0 Å². The van der Waals surface area contributed by atoms with Crippen LogP contribution in [-0.4, -0.2) is 25.8 Å². The molecule has 0 fully saturated rings. The van der Waals surface area contributed by atoms with E-state index in [4.69, 9.17) is 11.6 Å². The summed E-state index contributed by atoms with van der Waals surface area (Å²) in [7, 11) is -3.41. The molecule has 2 heterocycles. The van der Waals surface area contributed by atoms with Gasteiger partial charge in [-0.3, -0.25) is 0 Å². The van der Waals surface area contributed by atoms with Crippen molar-refractivity contribution < 1.29 is 8.42 Å². The number of benzene rings is 1. The highest BCUT2D eigenvalue weighted by molar-refractivity contribution is 7.89. The molecule has 0 unspecified atom stereocenters. The normalized spacial score (nSPS) is 16.4. The molecule has 1 aromatic heterocycles. The van der Waals surface area contributed by atoms with Crippen molar-refractivity contribution in [3.63, 3.8) is 0 Å². The fraction of sp³-hybridized carbons (Fsp3) is 0.333. The molecule has 3 nitrogen and oxygen atoms in total. The Kier molecular flexibility index (Phi) is 4.36. The molecule has 0 saturated heterocycles. The maximum absolute atomic E-state index is 12.7. The van der Waals surface area contributed by atoms with Crippen LogP contribution in [-0.2, 0) is 28.7 Å². The summed E-state index contributed by atoms with van der Waals surface area (Å²) >= 11 is 7.16. The summed E-state index contributed by atoms with van der Waals surface area (Å²) < 4.78 is 27.0. The summed E-state index contributed by atoms with van der Waals surface area (Å²) in [6.45, 7) is 1.07. The molecule has 1 aromatic carbocycles. The highest BCUT2D eigenvalue weighted by Crippen LogP contribution is 2.26. The maximum Gasteiger partial charge on any atom is 0.243 e. The Morgan fingerprint density at radius 2 is 1.76 bits per heavy atom. The monoisotopic (exact) mass is 341 g/mol. The van der Waals surface area contributed by atoms with E-state index in [1.165, 1.54) is 22.5 Å². The highest BCUT2D eigenvalue weighted by atomic mass is 35.5. The standard InChI is InChI=1S/C15H16ClNO2S2/c16-10-14-9-15(11-20-14)21(18,19)17-7-5-12-3-1-2-4-13(12)6-8-17/h1-4,9,11H,5-8,10H2. The van der Waals surface area contributed by atoms with Crippen molar-refractivity contribution in [1.29, 1.82) is 0 Å². The van der Waals surface area contributed by atoms with Gasteiger partial charge in [0.2, 0.25) is 10.0 Å².